The fourth-order valence-corrected chi connectivity index (χ4v) is 7.83. The van der Waals surface area contributed by atoms with Crippen LogP contribution in [0.25, 0.3) is 83.2 Å². The van der Waals surface area contributed by atoms with Gasteiger partial charge in [-0.05, 0) is 54.8 Å². The Morgan fingerprint density at radius 2 is 1.15 bits per heavy atom. The lowest BCUT2D eigenvalue weighted by Gasteiger charge is -2.17. The Hall–Kier alpha value is -6.72. The largest absolute Gasteiger partial charge is 0.325 e. The summed E-state index contributed by atoms with van der Waals surface area (Å²) in [4.78, 5) is 10.3. The van der Waals surface area contributed by atoms with Crippen LogP contribution in [0.2, 0.25) is 0 Å². The van der Waals surface area contributed by atoms with Gasteiger partial charge in [0.1, 0.15) is 0 Å². The van der Waals surface area contributed by atoms with Crippen molar-refractivity contribution in [1.29, 1.82) is 0 Å². The van der Waals surface area contributed by atoms with Gasteiger partial charge in [-0.1, -0.05) is 133 Å². The summed E-state index contributed by atoms with van der Waals surface area (Å²) < 4.78 is 4.69. The number of aromatic nitrogens is 4. The lowest BCUT2D eigenvalue weighted by atomic mass is 10.0. The summed E-state index contributed by atoms with van der Waals surface area (Å²) in [5, 5.41) is 4.98. The molecule has 0 amide bonds. The summed E-state index contributed by atoms with van der Waals surface area (Å²) in [6.07, 6.45) is 9.89. The molecule has 0 radical (unpaired) electrons. The number of hydrogen-bond donors (Lipinski definition) is 1. The van der Waals surface area contributed by atoms with Crippen LogP contribution in [0.3, 0.4) is 0 Å². The normalized spacial score (nSPS) is 14.2. The minimum Gasteiger partial charge on any atom is -0.325 e. The van der Waals surface area contributed by atoms with Crippen molar-refractivity contribution in [2.75, 3.05) is 12.0 Å². The third-order valence-corrected chi connectivity index (χ3v) is 10.3. The van der Waals surface area contributed by atoms with Crippen molar-refractivity contribution in [3.8, 4) is 39.6 Å². The van der Waals surface area contributed by atoms with E-state index in [1.807, 2.05) is 12.1 Å². The number of hydrogen-bond acceptors (Lipinski definition) is 3. The van der Waals surface area contributed by atoms with Crippen molar-refractivity contribution in [1.82, 2.24) is 19.2 Å². The number of allylic oxidation sites excluding steroid dienone is 3. The van der Waals surface area contributed by atoms with Crippen molar-refractivity contribution in [2.45, 2.75) is 6.42 Å². The Morgan fingerprint density at radius 3 is 1.87 bits per heavy atom. The lowest BCUT2D eigenvalue weighted by Crippen LogP contribution is -2.21. The molecular weight excluding hydrogens is 635 g/mol. The van der Waals surface area contributed by atoms with Crippen molar-refractivity contribution in [3.63, 3.8) is 0 Å². The molecule has 0 spiro atoms. The van der Waals surface area contributed by atoms with Crippen LogP contribution < -0.4 is 5.43 Å². The van der Waals surface area contributed by atoms with E-state index in [-0.39, 0.29) is 0 Å². The van der Waals surface area contributed by atoms with E-state index in [0.717, 1.165) is 57.8 Å². The van der Waals surface area contributed by atoms with E-state index in [0.29, 0.717) is 11.7 Å². The number of fused-ring (bicyclic) bond motifs is 7. The van der Waals surface area contributed by atoms with Gasteiger partial charge in [0.25, 0.3) is 0 Å². The molecule has 0 saturated carbocycles. The summed E-state index contributed by atoms with van der Waals surface area (Å²) in [7, 11) is 0. The summed E-state index contributed by atoms with van der Waals surface area (Å²) in [6, 6.07) is 53.5. The fraction of sp³-hybridized carbons (Fsp3) is 0.0638. The Bertz CT molecular complexity index is 2770. The maximum Gasteiger partial charge on any atom is 0.160 e. The lowest BCUT2D eigenvalue weighted by molar-refractivity contribution is 0.657. The van der Waals surface area contributed by atoms with Crippen molar-refractivity contribution in [2.24, 2.45) is 5.92 Å². The summed E-state index contributed by atoms with van der Waals surface area (Å²) in [6.45, 7) is 0.862. The highest BCUT2D eigenvalue weighted by atomic mass is 15.4. The van der Waals surface area contributed by atoms with Crippen LogP contribution in [0.4, 0.5) is 0 Å². The predicted octanol–water partition coefficient (Wildman–Crippen LogP) is 11.4. The van der Waals surface area contributed by atoms with Gasteiger partial charge in [0, 0.05) is 50.5 Å². The number of rotatable bonds is 7. The molecule has 5 nitrogen and oxygen atoms in total. The topological polar surface area (TPSA) is 47.7 Å². The summed E-state index contributed by atoms with van der Waals surface area (Å²) in [5.74, 6) is 1.16. The van der Waals surface area contributed by atoms with E-state index in [2.05, 4.69) is 178 Å². The molecule has 1 aliphatic rings. The average Bonchev–Trinajstić information content (AvgIpc) is 3.73. The highest BCUT2D eigenvalue weighted by molar-refractivity contribution is 6.28. The van der Waals surface area contributed by atoms with Crippen LogP contribution >= 0.6 is 0 Å². The zero-order valence-corrected chi connectivity index (χ0v) is 28.5. The molecule has 0 fully saturated rings. The molecule has 0 aliphatic heterocycles. The van der Waals surface area contributed by atoms with Crippen LogP contribution in [-0.2, 0) is 0 Å². The van der Waals surface area contributed by atoms with Crippen molar-refractivity contribution < 1.29 is 0 Å². The SMILES string of the molecule is C1=CCC(CNn2c3ccccc3c3c4c5ccccc5n(-c5cccc(-c6nc(-c7ccccc7)cc(-c7ccccc7)n6)c5)c4ccc32)C=C1. The van der Waals surface area contributed by atoms with E-state index < -0.39 is 0 Å². The predicted molar refractivity (Wildman–Crippen MR) is 216 cm³/mol. The zero-order chi connectivity index (χ0) is 34.4. The minimum absolute atomic E-state index is 0.459. The highest BCUT2D eigenvalue weighted by Gasteiger charge is 2.21. The van der Waals surface area contributed by atoms with Crippen LogP contribution in [0, 0.1) is 5.92 Å². The first kappa shape index (κ1) is 30.1. The van der Waals surface area contributed by atoms with Gasteiger partial charge in [-0.2, -0.15) is 0 Å². The van der Waals surface area contributed by atoms with Crippen molar-refractivity contribution >= 4 is 43.6 Å². The fourth-order valence-electron chi connectivity index (χ4n) is 7.83. The molecule has 6 aromatic carbocycles. The second-order valence-electron chi connectivity index (χ2n) is 13.5. The molecule has 0 saturated heterocycles. The second-order valence-corrected chi connectivity index (χ2v) is 13.5. The Labute approximate surface area is 301 Å². The minimum atomic E-state index is 0.459. The first-order valence-corrected chi connectivity index (χ1v) is 17.9. The van der Waals surface area contributed by atoms with Gasteiger partial charge in [0.05, 0.1) is 33.5 Å². The second kappa shape index (κ2) is 12.6. The molecule has 248 valence electrons. The maximum absolute atomic E-state index is 5.14. The van der Waals surface area contributed by atoms with E-state index in [1.54, 1.807) is 0 Å². The van der Waals surface area contributed by atoms with Gasteiger partial charge in [-0.3, -0.25) is 4.68 Å². The molecule has 9 aromatic rings. The zero-order valence-electron chi connectivity index (χ0n) is 28.5. The Kier molecular flexibility index (Phi) is 7.28. The van der Waals surface area contributed by atoms with Gasteiger partial charge in [0.15, 0.2) is 5.82 Å². The number of para-hydroxylation sites is 2. The first-order valence-electron chi connectivity index (χ1n) is 17.9. The third kappa shape index (κ3) is 5.09. The number of benzene rings is 6. The van der Waals surface area contributed by atoms with Crippen LogP contribution in [0.1, 0.15) is 6.42 Å². The summed E-state index contributed by atoms with van der Waals surface area (Å²) >= 11 is 0. The molecular formula is C47H35N5. The van der Waals surface area contributed by atoms with E-state index in [4.69, 9.17) is 9.97 Å². The van der Waals surface area contributed by atoms with Gasteiger partial charge in [-0.15, -0.1) is 0 Å². The molecule has 0 bridgehead atoms. The molecule has 3 heterocycles. The van der Waals surface area contributed by atoms with Gasteiger partial charge in [0.2, 0.25) is 0 Å². The monoisotopic (exact) mass is 669 g/mol. The molecule has 1 unspecified atom stereocenters. The molecule has 1 N–H and O–H groups in total. The molecule has 1 atom stereocenters. The Balaban J connectivity index is 1.16. The molecule has 3 aromatic heterocycles. The van der Waals surface area contributed by atoms with Crippen LogP contribution in [-0.4, -0.2) is 25.8 Å². The average molecular weight is 670 g/mol. The van der Waals surface area contributed by atoms with E-state index in [9.17, 15) is 0 Å². The summed E-state index contributed by atoms with van der Waals surface area (Å²) in [5.41, 5.74) is 14.4. The van der Waals surface area contributed by atoms with Crippen LogP contribution in [0.15, 0.2) is 176 Å². The van der Waals surface area contributed by atoms with Gasteiger partial charge >= 0.3 is 0 Å². The first-order chi connectivity index (χ1) is 25.8. The quantitative estimate of drug-likeness (QED) is 0.184. The van der Waals surface area contributed by atoms with Crippen molar-refractivity contribution in [3.05, 3.63) is 176 Å². The van der Waals surface area contributed by atoms with E-state index >= 15 is 0 Å². The highest BCUT2D eigenvalue weighted by Crippen LogP contribution is 2.41. The molecule has 1 aliphatic carbocycles. The number of nitrogens with one attached hydrogen (secondary N) is 1. The van der Waals surface area contributed by atoms with Crippen LogP contribution in [0.5, 0.6) is 0 Å². The standard InChI is InChI=1S/C47H35N5/c1-4-15-32(16-5-1)31-48-52-42-26-13-11-24-38(42)46-44(52)28-27-43-45(46)37-23-10-12-25-41(37)51(43)36-22-14-21-35(29-36)47-49-39(33-17-6-2-7-18-33)30-40(50-47)34-19-8-3-9-20-34/h1-15,17-30,32,48H,16,31H2. The number of nitrogens with zero attached hydrogens (tertiary/aromatic N) is 4. The Morgan fingerprint density at radius 1 is 0.538 bits per heavy atom. The molecule has 10 rings (SSSR count). The maximum atomic E-state index is 5.14. The van der Waals surface area contributed by atoms with Gasteiger partial charge < -0.3 is 9.99 Å². The van der Waals surface area contributed by atoms with Gasteiger partial charge in [-0.25, -0.2) is 9.97 Å². The molecule has 52 heavy (non-hydrogen) atoms. The smallest absolute Gasteiger partial charge is 0.160 e. The third-order valence-electron chi connectivity index (χ3n) is 10.3. The van der Waals surface area contributed by atoms with E-state index in [1.165, 1.54) is 32.6 Å². The molecule has 5 heteroatoms.